The fourth-order valence-corrected chi connectivity index (χ4v) is 1.95. The van der Waals surface area contributed by atoms with Crippen molar-refractivity contribution >= 4 is 22.5 Å². The summed E-state index contributed by atoms with van der Waals surface area (Å²) in [5, 5.41) is 1.99. The summed E-state index contributed by atoms with van der Waals surface area (Å²) < 4.78 is 0. The zero-order chi connectivity index (χ0) is 9.59. The minimum atomic E-state index is 0.753. The van der Waals surface area contributed by atoms with Gasteiger partial charge in [0.15, 0.2) is 0 Å². The zero-order valence-corrected chi connectivity index (χ0v) is 8.79. The van der Waals surface area contributed by atoms with Gasteiger partial charge in [0.05, 0.1) is 0 Å². The molecule has 0 bridgehead atoms. The SMILES string of the molecule is Cc1cc(C)c2[nH]c(Cl)c(C)c2c1. The Kier molecular flexibility index (Phi) is 1.85. The number of H-pyrrole nitrogens is 1. The third-order valence-electron chi connectivity index (χ3n) is 2.45. The second-order valence-electron chi connectivity index (χ2n) is 3.57. The van der Waals surface area contributed by atoms with Crippen molar-refractivity contribution in [2.75, 3.05) is 0 Å². The highest BCUT2D eigenvalue weighted by molar-refractivity contribution is 6.31. The summed E-state index contributed by atoms with van der Waals surface area (Å²) in [7, 11) is 0. The van der Waals surface area contributed by atoms with Gasteiger partial charge in [-0.05, 0) is 38.0 Å². The van der Waals surface area contributed by atoms with Gasteiger partial charge in [-0.1, -0.05) is 23.2 Å². The molecular weight excluding hydrogens is 182 g/mol. The van der Waals surface area contributed by atoms with Gasteiger partial charge in [-0.3, -0.25) is 0 Å². The number of aromatic nitrogens is 1. The summed E-state index contributed by atoms with van der Waals surface area (Å²) >= 11 is 6.02. The van der Waals surface area contributed by atoms with E-state index in [1.165, 1.54) is 16.5 Å². The first-order valence-corrected chi connectivity index (χ1v) is 4.72. The molecule has 0 atom stereocenters. The summed E-state index contributed by atoms with van der Waals surface area (Å²) in [6.45, 7) is 6.24. The highest BCUT2D eigenvalue weighted by atomic mass is 35.5. The van der Waals surface area contributed by atoms with Crippen LogP contribution in [0.5, 0.6) is 0 Å². The predicted molar refractivity (Wildman–Crippen MR) is 57.5 cm³/mol. The Balaban J connectivity index is 2.94. The lowest BCUT2D eigenvalue weighted by Crippen LogP contribution is -1.79. The van der Waals surface area contributed by atoms with Crippen LogP contribution in [0.15, 0.2) is 12.1 Å². The molecule has 13 heavy (non-hydrogen) atoms. The van der Waals surface area contributed by atoms with Gasteiger partial charge in [0.2, 0.25) is 0 Å². The first kappa shape index (κ1) is 8.64. The number of aryl methyl sites for hydroxylation is 3. The second kappa shape index (κ2) is 2.78. The molecular formula is C11H12ClN. The molecule has 0 saturated carbocycles. The maximum Gasteiger partial charge on any atom is 0.110 e. The summed E-state index contributed by atoms with van der Waals surface area (Å²) in [5.74, 6) is 0. The number of nitrogens with one attached hydrogen (secondary N) is 1. The third-order valence-corrected chi connectivity index (χ3v) is 2.83. The molecule has 1 heterocycles. The number of rotatable bonds is 0. The first-order chi connectivity index (χ1) is 6.09. The number of benzene rings is 1. The van der Waals surface area contributed by atoms with E-state index < -0.39 is 0 Å². The van der Waals surface area contributed by atoms with Gasteiger partial charge < -0.3 is 4.98 Å². The lowest BCUT2D eigenvalue weighted by molar-refractivity contribution is 1.38. The molecule has 1 aromatic heterocycles. The molecule has 0 spiro atoms. The van der Waals surface area contributed by atoms with E-state index in [0.29, 0.717) is 0 Å². The average Bonchev–Trinajstić information content (AvgIpc) is 2.32. The topological polar surface area (TPSA) is 15.8 Å². The standard InChI is InChI=1S/C11H12ClN/c1-6-4-7(2)10-9(5-6)8(3)11(12)13-10/h4-5,13H,1-3H3. The molecule has 0 radical (unpaired) electrons. The van der Waals surface area contributed by atoms with E-state index in [-0.39, 0.29) is 0 Å². The number of hydrogen-bond donors (Lipinski definition) is 1. The number of aromatic amines is 1. The molecule has 68 valence electrons. The Morgan fingerprint density at radius 1 is 1.15 bits per heavy atom. The number of hydrogen-bond acceptors (Lipinski definition) is 0. The summed E-state index contributed by atoms with van der Waals surface area (Å²) in [5.41, 5.74) is 4.84. The van der Waals surface area contributed by atoms with Gasteiger partial charge in [0.25, 0.3) is 0 Å². The van der Waals surface area contributed by atoms with Crippen LogP contribution in [0, 0.1) is 20.8 Å². The Morgan fingerprint density at radius 3 is 2.54 bits per heavy atom. The van der Waals surface area contributed by atoms with Crippen molar-refractivity contribution in [1.29, 1.82) is 0 Å². The average molecular weight is 194 g/mol. The van der Waals surface area contributed by atoms with E-state index >= 15 is 0 Å². The molecule has 0 saturated heterocycles. The van der Waals surface area contributed by atoms with E-state index in [1.807, 2.05) is 6.92 Å². The Bertz CT molecular complexity index is 468. The van der Waals surface area contributed by atoms with Gasteiger partial charge in [-0.15, -0.1) is 0 Å². The van der Waals surface area contributed by atoms with Gasteiger partial charge in [0, 0.05) is 10.9 Å². The van der Waals surface area contributed by atoms with Crippen molar-refractivity contribution in [3.63, 3.8) is 0 Å². The Morgan fingerprint density at radius 2 is 1.85 bits per heavy atom. The molecule has 1 nitrogen and oxygen atoms in total. The van der Waals surface area contributed by atoms with Crippen LogP contribution in [0.1, 0.15) is 16.7 Å². The minimum Gasteiger partial charge on any atom is -0.345 e. The summed E-state index contributed by atoms with van der Waals surface area (Å²) in [4.78, 5) is 3.19. The van der Waals surface area contributed by atoms with Crippen LogP contribution in [0.2, 0.25) is 5.15 Å². The third kappa shape index (κ3) is 1.24. The number of halogens is 1. The molecule has 2 heteroatoms. The van der Waals surface area contributed by atoms with Crippen LogP contribution in [0.4, 0.5) is 0 Å². The number of fused-ring (bicyclic) bond motifs is 1. The van der Waals surface area contributed by atoms with Crippen molar-refractivity contribution in [2.45, 2.75) is 20.8 Å². The molecule has 0 fully saturated rings. The van der Waals surface area contributed by atoms with Crippen molar-refractivity contribution < 1.29 is 0 Å². The maximum absolute atomic E-state index is 6.02. The lowest BCUT2D eigenvalue weighted by atomic mass is 10.1. The monoisotopic (exact) mass is 193 g/mol. The minimum absolute atomic E-state index is 0.753. The fourth-order valence-electron chi connectivity index (χ4n) is 1.75. The molecule has 0 aliphatic rings. The van der Waals surface area contributed by atoms with Crippen molar-refractivity contribution in [3.05, 3.63) is 34.0 Å². The van der Waals surface area contributed by atoms with Gasteiger partial charge in [-0.2, -0.15) is 0 Å². The quantitative estimate of drug-likeness (QED) is 0.656. The van der Waals surface area contributed by atoms with Crippen molar-refractivity contribution in [3.8, 4) is 0 Å². The molecule has 1 aromatic carbocycles. The highest BCUT2D eigenvalue weighted by Gasteiger charge is 2.07. The molecule has 2 rings (SSSR count). The van der Waals surface area contributed by atoms with Crippen LogP contribution in [0.3, 0.4) is 0 Å². The van der Waals surface area contributed by atoms with Crippen molar-refractivity contribution in [1.82, 2.24) is 4.98 Å². The van der Waals surface area contributed by atoms with Crippen LogP contribution >= 0.6 is 11.6 Å². The highest BCUT2D eigenvalue weighted by Crippen LogP contribution is 2.28. The van der Waals surface area contributed by atoms with Gasteiger partial charge in [-0.25, -0.2) is 0 Å². The van der Waals surface area contributed by atoms with Crippen LogP contribution in [0.25, 0.3) is 10.9 Å². The fraction of sp³-hybridized carbons (Fsp3) is 0.273. The van der Waals surface area contributed by atoms with E-state index in [4.69, 9.17) is 11.6 Å². The summed E-state index contributed by atoms with van der Waals surface area (Å²) in [6, 6.07) is 4.33. The second-order valence-corrected chi connectivity index (χ2v) is 3.95. The largest absolute Gasteiger partial charge is 0.345 e. The zero-order valence-electron chi connectivity index (χ0n) is 8.03. The van der Waals surface area contributed by atoms with E-state index in [0.717, 1.165) is 16.2 Å². The predicted octanol–water partition coefficient (Wildman–Crippen LogP) is 3.75. The van der Waals surface area contributed by atoms with E-state index in [2.05, 4.69) is 31.0 Å². The lowest BCUT2D eigenvalue weighted by Gasteiger charge is -1.98. The molecule has 0 aliphatic heterocycles. The normalized spacial score (nSPS) is 11.1. The van der Waals surface area contributed by atoms with E-state index in [9.17, 15) is 0 Å². The first-order valence-electron chi connectivity index (χ1n) is 4.34. The Hall–Kier alpha value is -0.950. The van der Waals surface area contributed by atoms with Gasteiger partial charge in [0.1, 0.15) is 5.15 Å². The molecule has 2 aromatic rings. The molecule has 0 unspecified atom stereocenters. The summed E-state index contributed by atoms with van der Waals surface area (Å²) in [6.07, 6.45) is 0. The Labute approximate surface area is 82.7 Å². The van der Waals surface area contributed by atoms with Crippen molar-refractivity contribution in [2.24, 2.45) is 0 Å². The van der Waals surface area contributed by atoms with E-state index in [1.54, 1.807) is 0 Å². The van der Waals surface area contributed by atoms with Crippen LogP contribution in [-0.2, 0) is 0 Å². The van der Waals surface area contributed by atoms with Crippen LogP contribution < -0.4 is 0 Å². The molecule has 0 amide bonds. The molecule has 0 aliphatic carbocycles. The van der Waals surface area contributed by atoms with Crippen LogP contribution in [-0.4, -0.2) is 4.98 Å². The maximum atomic E-state index is 6.02. The molecule has 1 N–H and O–H groups in total. The van der Waals surface area contributed by atoms with Gasteiger partial charge >= 0.3 is 0 Å². The smallest absolute Gasteiger partial charge is 0.110 e.